The molecule has 178 valence electrons. The number of carbonyl (C=O) groups excluding carboxylic acids is 2. The summed E-state index contributed by atoms with van der Waals surface area (Å²) in [5.41, 5.74) is 4.77. The monoisotopic (exact) mass is 462 g/mol. The Balaban J connectivity index is 1.06. The van der Waals surface area contributed by atoms with Gasteiger partial charge in [0.25, 0.3) is 0 Å². The number of carboxylic acid groups (broad SMARTS) is 1. The number of amides is 2. The van der Waals surface area contributed by atoms with Gasteiger partial charge in [-0.3, -0.25) is 9.59 Å². The van der Waals surface area contributed by atoms with Crippen molar-refractivity contribution in [3.63, 3.8) is 0 Å². The summed E-state index contributed by atoms with van der Waals surface area (Å²) >= 11 is 0. The molecule has 2 aromatic rings. The summed E-state index contributed by atoms with van der Waals surface area (Å²) in [6, 6.07) is 16.5. The number of nitrogens with one attached hydrogen (secondary N) is 2. The highest BCUT2D eigenvalue weighted by Crippen LogP contribution is 2.44. The Morgan fingerprint density at radius 3 is 2.26 bits per heavy atom. The van der Waals surface area contributed by atoms with Gasteiger partial charge in [-0.1, -0.05) is 48.5 Å². The summed E-state index contributed by atoms with van der Waals surface area (Å²) in [6.45, 7) is 0.723. The smallest absolute Gasteiger partial charge is 0.407 e. The van der Waals surface area contributed by atoms with Crippen LogP contribution in [0.15, 0.2) is 48.5 Å². The summed E-state index contributed by atoms with van der Waals surface area (Å²) in [7, 11) is 0. The summed E-state index contributed by atoms with van der Waals surface area (Å²) in [5.74, 6) is -0.815. The third-order valence-electron chi connectivity index (χ3n) is 7.48. The minimum absolute atomic E-state index is 0.00766. The Kier molecular flexibility index (Phi) is 6.26. The molecule has 2 saturated carbocycles. The van der Waals surface area contributed by atoms with Gasteiger partial charge < -0.3 is 20.5 Å². The minimum Gasteiger partial charge on any atom is -0.481 e. The highest BCUT2D eigenvalue weighted by Gasteiger charge is 2.43. The van der Waals surface area contributed by atoms with E-state index in [4.69, 9.17) is 9.84 Å². The average molecular weight is 463 g/mol. The molecule has 2 amide bonds. The lowest BCUT2D eigenvalue weighted by Crippen LogP contribution is -2.34. The molecule has 4 atom stereocenters. The molecule has 5 rings (SSSR count). The molecule has 3 aliphatic carbocycles. The fourth-order valence-electron chi connectivity index (χ4n) is 5.55. The van der Waals surface area contributed by atoms with E-state index in [1.165, 1.54) is 22.3 Å². The largest absolute Gasteiger partial charge is 0.481 e. The molecule has 0 aliphatic heterocycles. The van der Waals surface area contributed by atoms with Gasteiger partial charge in [0, 0.05) is 24.9 Å². The number of alkyl carbamates (subject to hydrolysis) is 1. The van der Waals surface area contributed by atoms with E-state index in [0.717, 1.165) is 19.3 Å². The minimum atomic E-state index is -0.780. The lowest BCUT2D eigenvalue weighted by Gasteiger charge is -2.17. The van der Waals surface area contributed by atoms with Crippen LogP contribution in [0, 0.1) is 17.8 Å². The second-order valence-corrected chi connectivity index (χ2v) is 9.79. The highest BCUT2D eigenvalue weighted by molar-refractivity contribution is 5.79. The third-order valence-corrected chi connectivity index (χ3v) is 7.48. The number of aliphatic carboxylic acids is 1. The van der Waals surface area contributed by atoms with Crippen molar-refractivity contribution in [2.75, 3.05) is 13.2 Å². The SMILES string of the molecule is O=C(C[C@@H]1CC[C@H](NC(=O)OCC2c3ccccc3-c3ccccc32)C1)NCC1CC1C(=O)O. The fraction of sp³-hybridized carbons (Fsp3) is 0.444. The summed E-state index contributed by atoms with van der Waals surface area (Å²) in [6.07, 6.45) is 3.09. The van der Waals surface area contributed by atoms with E-state index in [2.05, 4.69) is 34.9 Å². The predicted octanol–water partition coefficient (Wildman–Crippen LogP) is 3.92. The van der Waals surface area contributed by atoms with Crippen molar-refractivity contribution < 1.29 is 24.2 Å². The molecular formula is C27H30N2O5. The third kappa shape index (κ3) is 4.79. The average Bonchev–Trinajstić information content (AvgIpc) is 3.39. The summed E-state index contributed by atoms with van der Waals surface area (Å²) < 4.78 is 5.64. The van der Waals surface area contributed by atoms with E-state index in [0.29, 0.717) is 19.4 Å². The van der Waals surface area contributed by atoms with Gasteiger partial charge in [-0.2, -0.15) is 0 Å². The Morgan fingerprint density at radius 2 is 1.62 bits per heavy atom. The van der Waals surface area contributed by atoms with Crippen LogP contribution in [0.2, 0.25) is 0 Å². The van der Waals surface area contributed by atoms with Crippen molar-refractivity contribution in [1.82, 2.24) is 10.6 Å². The van der Waals surface area contributed by atoms with Crippen LogP contribution in [0.3, 0.4) is 0 Å². The standard InChI is InChI=1S/C27H30N2O5/c30-25(28-14-17-13-23(17)26(31)32)12-16-9-10-18(11-16)29-27(33)34-15-24-21-7-3-1-5-19(21)20-6-2-4-8-22(20)24/h1-8,16-18,23-24H,9-15H2,(H,28,30)(H,29,33)(H,31,32)/t16-,17?,18+,23?/m1/s1. The molecule has 0 radical (unpaired) electrons. The van der Waals surface area contributed by atoms with Crippen LogP contribution >= 0.6 is 0 Å². The van der Waals surface area contributed by atoms with E-state index in [9.17, 15) is 14.4 Å². The van der Waals surface area contributed by atoms with E-state index >= 15 is 0 Å². The number of hydrogen-bond acceptors (Lipinski definition) is 4. The molecule has 0 bridgehead atoms. The highest BCUT2D eigenvalue weighted by atomic mass is 16.5. The van der Waals surface area contributed by atoms with E-state index < -0.39 is 12.1 Å². The van der Waals surface area contributed by atoms with Crippen LogP contribution in [0.4, 0.5) is 4.79 Å². The Bertz CT molecular complexity index is 1050. The molecule has 34 heavy (non-hydrogen) atoms. The number of fused-ring (bicyclic) bond motifs is 3. The lowest BCUT2D eigenvalue weighted by atomic mass is 9.98. The molecule has 7 nitrogen and oxygen atoms in total. The van der Waals surface area contributed by atoms with Gasteiger partial charge in [0.2, 0.25) is 5.91 Å². The van der Waals surface area contributed by atoms with Gasteiger partial charge in [-0.05, 0) is 59.8 Å². The number of rotatable bonds is 8. The first-order chi connectivity index (χ1) is 16.5. The molecule has 3 N–H and O–H groups in total. The molecule has 2 unspecified atom stereocenters. The zero-order chi connectivity index (χ0) is 23.7. The van der Waals surface area contributed by atoms with Crippen molar-refractivity contribution >= 4 is 18.0 Å². The van der Waals surface area contributed by atoms with Gasteiger partial charge >= 0.3 is 12.1 Å². The van der Waals surface area contributed by atoms with Crippen molar-refractivity contribution in [2.24, 2.45) is 17.8 Å². The lowest BCUT2D eigenvalue weighted by molar-refractivity contribution is -0.139. The fourth-order valence-corrected chi connectivity index (χ4v) is 5.55. The van der Waals surface area contributed by atoms with E-state index in [1.807, 2.05) is 24.3 Å². The Hall–Kier alpha value is -3.35. The molecule has 0 spiro atoms. The van der Waals surface area contributed by atoms with Crippen LogP contribution in [0.25, 0.3) is 11.1 Å². The zero-order valence-corrected chi connectivity index (χ0v) is 19.0. The van der Waals surface area contributed by atoms with Crippen LogP contribution in [0.5, 0.6) is 0 Å². The quantitative estimate of drug-likeness (QED) is 0.552. The van der Waals surface area contributed by atoms with Crippen molar-refractivity contribution in [1.29, 1.82) is 0 Å². The van der Waals surface area contributed by atoms with Gasteiger partial charge in [0.15, 0.2) is 0 Å². The topological polar surface area (TPSA) is 105 Å². The molecule has 2 fully saturated rings. The predicted molar refractivity (Wildman–Crippen MR) is 126 cm³/mol. The summed E-state index contributed by atoms with van der Waals surface area (Å²) in [5, 5.41) is 14.8. The maximum Gasteiger partial charge on any atom is 0.407 e. The maximum absolute atomic E-state index is 12.5. The van der Waals surface area contributed by atoms with Crippen LogP contribution in [-0.2, 0) is 14.3 Å². The molecule has 0 saturated heterocycles. The number of hydrogen-bond donors (Lipinski definition) is 3. The zero-order valence-electron chi connectivity index (χ0n) is 19.0. The molecular weight excluding hydrogens is 432 g/mol. The van der Waals surface area contributed by atoms with Crippen LogP contribution in [0.1, 0.15) is 49.1 Å². The Labute approximate surface area is 198 Å². The van der Waals surface area contributed by atoms with Crippen molar-refractivity contribution in [3.8, 4) is 11.1 Å². The number of carboxylic acids is 1. The van der Waals surface area contributed by atoms with Crippen LogP contribution in [-0.4, -0.2) is 42.3 Å². The normalized spacial score (nSPS) is 24.7. The summed E-state index contributed by atoms with van der Waals surface area (Å²) in [4.78, 5) is 35.6. The van der Waals surface area contributed by atoms with Crippen molar-refractivity contribution in [3.05, 3.63) is 59.7 Å². The second kappa shape index (κ2) is 9.49. The molecule has 0 aromatic heterocycles. The van der Waals surface area contributed by atoms with Gasteiger partial charge in [0.05, 0.1) is 5.92 Å². The number of benzene rings is 2. The first kappa shape index (κ1) is 22.4. The molecule has 7 heteroatoms. The number of ether oxygens (including phenoxy) is 1. The first-order valence-electron chi connectivity index (χ1n) is 12.1. The molecule has 3 aliphatic rings. The number of carbonyl (C=O) groups is 3. The van der Waals surface area contributed by atoms with Gasteiger partial charge in [0.1, 0.15) is 6.61 Å². The van der Waals surface area contributed by atoms with Gasteiger partial charge in [-0.25, -0.2) is 4.79 Å². The van der Waals surface area contributed by atoms with Gasteiger partial charge in [-0.15, -0.1) is 0 Å². The first-order valence-corrected chi connectivity index (χ1v) is 12.1. The molecule has 2 aromatic carbocycles. The maximum atomic E-state index is 12.5. The second-order valence-electron chi connectivity index (χ2n) is 9.79. The molecule has 0 heterocycles. The van der Waals surface area contributed by atoms with E-state index in [1.54, 1.807) is 0 Å². The Morgan fingerprint density at radius 1 is 0.941 bits per heavy atom. The van der Waals surface area contributed by atoms with E-state index in [-0.39, 0.29) is 42.2 Å². The van der Waals surface area contributed by atoms with Crippen molar-refractivity contribution in [2.45, 2.75) is 44.1 Å². The van der Waals surface area contributed by atoms with Crippen LogP contribution < -0.4 is 10.6 Å².